The third kappa shape index (κ3) is 11.9. The maximum absolute atomic E-state index is 4.88. The molecule has 0 fully saturated rings. The number of hydrogen-bond donors (Lipinski definition) is 0. The van der Waals surface area contributed by atoms with Crippen LogP contribution in [-0.2, 0) is 4.74 Å². The molecule has 0 heterocycles. The van der Waals surface area contributed by atoms with Crippen molar-refractivity contribution in [2.24, 2.45) is 4.99 Å². The average molecular weight is 171 g/mol. The van der Waals surface area contributed by atoms with Gasteiger partial charge in [-0.3, -0.25) is 4.99 Å². The highest BCUT2D eigenvalue weighted by molar-refractivity contribution is 5.57. The van der Waals surface area contributed by atoms with E-state index in [-0.39, 0.29) is 0 Å². The Bertz CT molecular complexity index is 128. The van der Waals surface area contributed by atoms with E-state index in [2.05, 4.69) is 11.9 Å². The van der Waals surface area contributed by atoms with Crippen molar-refractivity contribution in [1.29, 1.82) is 0 Å². The lowest BCUT2D eigenvalue weighted by Crippen LogP contribution is -1.77. The Morgan fingerprint density at radius 2 is 2.00 bits per heavy atom. The van der Waals surface area contributed by atoms with E-state index >= 15 is 0 Å². The molecule has 0 radical (unpaired) electrons. The lowest BCUT2D eigenvalue weighted by atomic mass is 10.4. The van der Waals surface area contributed by atoms with Gasteiger partial charge in [0.15, 0.2) is 0 Å². The van der Waals surface area contributed by atoms with E-state index in [0.29, 0.717) is 0 Å². The number of rotatable bonds is 4. The smallest absolute Gasteiger partial charge is 0.111 e. The first-order valence-electron chi connectivity index (χ1n) is 4.53. The summed E-state index contributed by atoms with van der Waals surface area (Å²) in [6.07, 6.45) is 5.79. The molecule has 0 bridgehead atoms. The second kappa shape index (κ2) is 12.8. The minimum absolute atomic E-state index is 0.840. The fourth-order valence-electron chi connectivity index (χ4n) is 0.414. The quantitative estimate of drug-likeness (QED) is 0.469. The van der Waals surface area contributed by atoms with Gasteiger partial charge in [0.25, 0.3) is 0 Å². The zero-order valence-electron chi connectivity index (χ0n) is 8.92. The predicted molar refractivity (Wildman–Crippen MR) is 55.5 cm³/mol. The van der Waals surface area contributed by atoms with Gasteiger partial charge in [-0.1, -0.05) is 27.2 Å². The molecule has 0 saturated heterocycles. The largest absolute Gasteiger partial charge is 0.500 e. The van der Waals surface area contributed by atoms with Gasteiger partial charge in [-0.05, 0) is 13.3 Å². The van der Waals surface area contributed by atoms with E-state index in [0.717, 1.165) is 18.6 Å². The van der Waals surface area contributed by atoms with Crippen LogP contribution >= 0.6 is 0 Å². The molecular formula is C10H21NO. The summed E-state index contributed by atoms with van der Waals surface area (Å²) in [7, 11) is 1.64. The second-order valence-corrected chi connectivity index (χ2v) is 2.06. The Hall–Kier alpha value is -0.790. The van der Waals surface area contributed by atoms with Gasteiger partial charge < -0.3 is 4.74 Å². The second-order valence-electron chi connectivity index (χ2n) is 2.06. The molecule has 0 N–H and O–H groups in total. The van der Waals surface area contributed by atoms with E-state index in [9.17, 15) is 0 Å². The van der Waals surface area contributed by atoms with Crippen LogP contribution in [0.1, 0.15) is 40.5 Å². The summed E-state index contributed by atoms with van der Waals surface area (Å²) in [6, 6.07) is 0. The van der Waals surface area contributed by atoms with Gasteiger partial charge in [0, 0.05) is 6.21 Å². The topological polar surface area (TPSA) is 21.6 Å². The summed E-state index contributed by atoms with van der Waals surface area (Å²) in [6.45, 7) is 8.00. The van der Waals surface area contributed by atoms with Gasteiger partial charge in [0.1, 0.15) is 5.76 Å². The summed E-state index contributed by atoms with van der Waals surface area (Å²) in [5.74, 6) is 0.840. The first kappa shape index (κ1) is 13.8. The van der Waals surface area contributed by atoms with Gasteiger partial charge in [-0.15, -0.1) is 0 Å². The summed E-state index contributed by atoms with van der Waals surface area (Å²) in [5.41, 5.74) is 0. The van der Waals surface area contributed by atoms with Crippen LogP contribution in [0.15, 0.2) is 17.0 Å². The van der Waals surface area contributed by atoms with Crippen molar-refractivity contribution in [3.8, 4) is 0 Å². The van der Waals surface area contributed by atoms with Crippen LogP contribution in [0, 0.1) is 0 Å². The molecule has 0 atom stereocenters. The lowest BCUT2D eigenvalue weighted by Gasteiger charge is -1.92. The maximum atomic E-state index is 4.88. The zero-order chi connectivity index (χ0) is 9.82. The van der Waals surface area contributed by atoms with Crippen molar-refractivity contribution in [1.82, 2.24) is 0 Å². The summed E-state index contributed by atoms with van der Waals surface area (Å²) < 4.78 is 4.88. The molecule has 0 aromatic heterocycles. The summed E-state index contributed by atoms with van der Waals surface area (Å²) in [4.78, 5) is 4.02. The van der Waals surface area contributed by atoms with Crippen LogP contribution in [0.4, 0.5) is 0 Å². The van der Waals surface area contributed by atoms with Crippen LogP contribution in [0.5, 0.6) is 0 Å². The summed E-state index contributed by atoms with van der Waals surface area (Å²) in [5, 5.41) is 0. The minimum Gasteiger partial charge on any atom is -0.500 e. The zero-order valence-corrected chi connectivity index (χ0v) is 8.92. The lowest BCUT2D eigenvalue weighted by molar-refractivity contribution is 0.292. The van der Waals surface area contributed by atoms with Crippen LogP contribution in [0.3, 0.4) is 0 Å². The van der Waals surface area contributed by atoms with Crippen molar-refractivity contribution >= 4 is 6.21 Å². The highest BCUT2D eigenvalue weighted by atomic mass is 16.5. The van der Waals surface area contributed by atoms with E-state index < -0.39 is 0 Å². The third-order valence-electron chi connectivity index (χ3n) is 1.10. The number of ether oxygens (including phenoxy) is 1. The van der Waals surface area contributed by atoms with E-state index in [1.807, 2.05) is 27.0 Å². The van der Waals surface area contributed by atoms with Crippen molar-refractivity contribution in [3.63, 3.8) is 0 Å². The molecule has 72 valence electrons. The standard InChI is InChI=1S/C8H15NO.C2H6/c1-4-5-6-9-7-8(2)10-3;1-2/h6-7H,4-5H2,1-3H3;1-2H3/b8-7-,9-6?;. The molecular weight excluding hydrogens is 150 g/mol. The van der Waals surface area contributed by atoms with Gasteiger partial charge in [-0.25, -0.2) is 0 Å². The van der Waals surface area contributed by atoms with Crippen molar-refractivity contribution < 1.29 is 4.74 Å². The molecule has 0 aliphatic rings. The molecule has 0 spiro atoms. The molecule has 0 saturated carbocycles. The van der Waals surface area contributed by atoms with Gasteiger partial charge >= 0.3 is 0 Å². The number of aliphatic imine (C=N–C) groups is 1. The third-order valence-corrected chi connectivity index (χ3v) is 1.10. The Kier molecular flexibility index (Phi) is 14.8. The Morgan fingerprint density at radius 3 is 2.42 bits per heavy atom. The van der Waals surface area contributed by atoms with Crippen LogP contribution in [0.25, 0.3) is 0 Å². The van der Waals surface area contributed by atoms with E-state index in [4.69, 9.17) is 4.74 Å². The molecule has 0 aromatic carbocycles. The molecule has 0 aromatic rings. The fourth-order valence-corrected chi connectivity index (χ4v) is 0.414. The van der Waals surface area contributed by atoms with Gasteiger partial charge in [0.05, 0.1) is 13.3 Å². The normalized spacial score (nSPS) is 10.9. The monoisotopic (exact) mass is 171 g/mol. The van der Waals surface area contributed by atoms with Gasteiger partial charge in [0.2, 0.25) is 0 Å². The first-order valence-corrected chi connectivity index (χ1v) is 4.53. The SMILES string of the molecule is CC.CCCC=N/C=C(/C)OC. The number of methoxy groups -OCH3 is 1. The van der Waals surface area contributed by atoms with Crippen molar-refractivity contribution in [2.45, 2.75) is 40.5 Å². The molecule has 12 heavy (non-hydrogen) atoms. The maximum Gasteiger partial charge on any atom is 0.111 e. The molecule has 0 aliphatic heterocycles. The minimum atomic E-state index is 0.840. The Balaban J connectivity index is 0. The molecule has 0 amide bonds. The number of allylic oxidation sites excluding steroid dienone is 1. The first-order chi connectivity index (χ1) is 5.81. The highest BCUT2D eigenvalue weighted by Gasteiger charge is 1.78. The van der Waals surface area contributed by atoms with Crippen LogP contribution < -0.4 is 0 Å². The van der Waals surface area contributed by atoms with Crippen LogP contribution in [-0.4, -0.2) is 13.3 Å². The average Bonchev–Trinajstić information content (AvgIpc) is 2.15. The number of hydrogen-bond acceptors (Lipinski definition) is 2. The Morgan fingerprint density at radius 1 is 1.42 bits per heavy atom. The fraction of sp³-hybridized carbons (Fsp3) is 0.700. The molecule has 0 rings (SSSR count). The molecule has 2 heteroatoms. The van der Waals surface area contributed by atoms with Gasteiger partial charge in [-0.2, -0.15) is 0 Å². The predicted octanol–water partition coefficient (Wildman–Crippen LogP) is 3.39. The number of unbranched alkanes of at least 4 members (excludes halogenated alkanes) is 1. The molecule has 2 nitrogen and oxygen atoms in total. The summed E-state index contributed by atoms with van der Waals surface area (Å²) >= 11 is 0. The Labute approximate surface area is 76.3 Å². The highest BCUT2D eigenvalue weighted by Crippen LogP contribution is 1.91. The van der Waals surface area contributed by atoms with E-state index in [1.165, 1.54) is 0 Å². The van der Waals surface area contributed by atoms with Crippen LogP contribution in [0.2, 0.25) is 0 Å². The van der Waals surface area contributed by atoms with E-state index in [1.54, 1.807) is 13.3 Å². The van der Waals surface area contributed by atoms with Crippen molar-refractivity contribution in [3.05, 3.63) is 12.0 Å². The van der Waals surface area contributed by atoms with Crippen molar-refractivity contribution in [2.75, 3.05) is 7.11 Å². The number of nitrogens with zero attached hydrogens (tertiary/aromatic N) is 1. The molecule has 0 unspecified atom stereocenters. The molecule has 0 aliphatic carbocycles.